The highest BCUT2D eigenvalue weighted by Crippen LogP contribution is 2.18. The van der Waals surface area contributed by atoms with Gasteiger partial charge in [-0.05, 0) is 31.8 Å². The van der Waals surface area contributed by atoms with E-state index in [1.807, 2.05) is 0 Å². The molecule has 0 fully saturated rings. The van der Waals surface area contributed by atoms with Crippen molar-refractivity contribution >= 4 is 0 Å². The Morgan fingerprint density at radius 3 is 2.86 bits per heavy atom. The number of allylic oxidation sites excluding steroid dienone is 2. The lowest BCUT2D eigenvalue weighted by atomic mass is 10.1. The van der Waals surface area contributed by atoms with E-state index in [2.05, 4.69) is 13.0 Å². The van der Waals surface area contributed by atoms with Crippen molar-refractivity contribution in [3.8, 4) is 0 Å². The smallest absolute Gasteiger partial charge is 0.0919 e. The average molecular weight is 196 g/mol. The third-order valence-electron chi connectivity index (χ3n) is 2.78. The Kier molecular flexibility index (Phi) is 6.55. The van der Waals surface area contributed by atoms with Gasteiger partial charge in [-0.1, -0.05) is 32.6 Å². The van der Waals surface area contributed by atoms with E-state index < -0.39 is 0 Å². The van der Waals surface area contributed by atoms with Crippen LogP contribution in [0.1, 0.15) is 64.7 Å². The fraction of sp³-hybridized carbons (Fsp3) is 0.846. The van der Waals surface area contributed by atoms with Gasteiger partial charge < -0.3 is 4.74 Å². The molecule has 0 aliphatic heterocycles. The van der Waals surface area contributed by atoms with Crippen molar-refractivity contribution in [3.05, 3.63) is 11.8 Å². The van der Waals surface area contributed by atoms with Crippen LogP contribution < -0.4 is 0 Å². The fourth-order valence-corrected chi connectivity index (χ4v) is 1.85. The van der Waals surface area contributed by atoms with Crippen molar-refractivity contribution in [2.24, 2.45) is 0 Å². The van der Waals surface area contributed by atoms with E-state index in [0.717, 1.165) is 6.61 Å². The molecule has 0 bridgehead atoms. The molecule has 1 rings (SSSR count). The van der Waals surface area contributed by atoms with Crippen molar-refractivity contribution in [1.82, 2.24) is 0 Å². The van der Waals surface area contributed by atoms with E-state index in [0.29, 0.717) is 0 Å². The van der Waals surface area contributed by atoms with Crippen molar-refractivity contribution in [2.45, 2.75) is 64.7 Å². The molecule has 0 heterocycles. The maximum absolute atomic E-state index is 5.78. The normalized spacial score (nSPS) is 18.2. The zero-order valence-corrected chi connectivity index (χ0v) is 9.56. The van der Waals surface area contributed by atoms with Crippen molar-refractivity contribution < 1.29 is 4.74 Å². The standard InChI is InChI=1S/C13H24O/c1-2-3-9-12-14-13-10-7-5-4-6-8-11-13/h10H,2-9,11-12H2,1H3. The molecule has 1 aliphatic rings. The van der Waals surface area contributed by atoms with E-state index in [-0.39, 0.29) is 0 Å². The lowest BCUT2D eigenvalue weighted by Gasteiger charge is -2.12. The number of unbranched alkanes of at least 4 members (excludes halogenated alkanes) is 2. The first-order chi connectivity index (χ1) is 6.93. The number of ether oxygens (including phenoxy) is 1. The Morgan fingerprint density at radius 1 is 1.14 bits per heavy atom. The summed E-state index contributed by atoms with van der Waals surface area (Å²) in [5, 5.41) is 0. The Labute approximate surface area is 88.5 Å². The summed E-state index contributed by atoms with van der Waals surface area (Å²) in [6.45, 7) is 3.16. The van der Waals surface area contributed by atoms with Crippen LogP contribution in [0.4, 0.5) is 0 Å². The molecule has 0 saturated heterocycles. The van der Waals surface area contributed by atoms with E-state index in [1.54, 1.807) is 0 Å². The van der Waals surface area contributed by atoms with E-state index >= 15 is 0 Å². The topological polar surface area (TPSA) is 9.23 Å². The van der Waals surface area contributed by atoms with Gasteiger partial charge in [0, 0.05) is 6.42 Å². The lowest BCUT2D eigenvalue weighted by molar-refractivity contribution is 0.192. The Balaban J connectivity index is 2.13. The molecule has 0 amide bonds. The van der Waals surface area contributed by atoms with E-state index in [1.165, 1.54) is 63.5 Å². The Morgan fingerprint density at radius 2 is 2.00 bits per heavy atom. The fourth-order valence-electron chi connectivity index (χ4n) is 1.85. The summed E-state index contributed by atoms with van der Waals surface area (Å²) in [5.74, 6) is 1.26. The van der Waals surface area contributed by atoms with Crippen LogP contribution in [0.15, 0.2) is 11.8 Å². The first kappa shape index (κ1) is 11.6. The SMILES string of the molecule is CCCCCOC1=CCCCCCC1. The Hall–Kier alpha value is -0.460. The highest BCUT2D eigenvalue weighted by Gasteiger charge is 2.02. The third kappa shape index (κ3) is 5.31. The molecule has 0 aromatic heterocycles. The maximum atomic E-state index is 5.78. The van der Waals surface area contributed by atoms with Gasteiger partial charge in [-0.15, -0.1) is 0 Å². The minimum Gasteiger partial charge on any atom is -0.498 e. The predicted octanol–water partition coefficient (Wildman–Crippen LogP) is 4.43. The van der Waals surface area contributed by atoms with Crippen LogP contribution in [0.25, 0.3) is 0 Å². The summed E-state index contributed by atoms with van der Waals surface area (Å²) >= 11 is 0. The summed E-state index contributed by atoms with van der Waals surface area (Å²) in [6.07, 6.45) is 14.0. The molecule has 0 unspecified atom stereocenters. The summed E-state index contributed by atoms with van der Waals surface area (Å²) in [7, 11) is 0. The van der Waals surface area contributed by atoms with Crippen molar-refractivity contribution in [3.63, 3.8) is 0 Å². The average Bonchev–Trinajstić information content (AvgIpc) is 2.15. The lowest BCUT2D eigenvalue weighted by Crippen LogP contribution is -1.97. The zero-order valence-electron chi connectivity index (χ0n) is 9.56. The first-order valence-corrected chi connectivity index (χ1v) is 6.25. The van der Waals surface area contributed by atoms with Gasteiger partial charge in [-0.3, -0.25) is 0 Å². The van der Waals surface area contributed by atoms with Crippen LogP contribution >= 0.6 is 0 Å². The van der Waals surface area contributed by atoms with Gasteiger partial charge in [0.15, 0.2) is 0 Å². The molecule has 0 radical (unpaired) electrons. The van der Waals surface area contributed by atoms with Gasteiger partial charge in [-0.25, -0.2) is 0 Å². The Bertz CT molecular complexity index is 161. The van der Waals surface area contributed by atoms with Gasteiger partial charge >= 0.3 is 0 Å². The summed E-state index contributed by atoms with van der Waals surface area (Å²) in [5.41, 5.74) is 0. The third-order valence-corrected chi connectivity index (χ3v) is 2.78. The van der Waals surface area contributed by atoms with Crippen LogP contribution in [0.5, 0.6) is 0 Å². The molecule has 1 nitrogen and oxygen atoms in total. The van der Waals surface area contributed by atoms with Crippen LogP contribution in [0, 0.1) is 0 Å². The van der Waals surface area contributed by atoms with Crippen LogP contribution in [0.2, 0.25) is 0 Å². The molecule has 0 saturated carbocycles. The largest absolute Gasteiger partial charge is 0.498 e. The number of hydrogen-bond acceptors (Lipinski definition) is 1. The maximum Gasteiger partial charge on any atom is 0.0919 e. The van der Waals surface area contributed by atoms with Gasteiger partial charge in [0.1, 0.15) is 0 Å². The van der Waals surface area contributed by atoms with E-state index in [9.17, 15) is 0 Å². The van der Waals surface area contributed by atoms with Crippen LogP contribution in [0.3, 0.4) is 0 Å². The summed E-state index contributed by atoms with van der Waals surface area (Å²) in [4.78, 5) is 0. The summed E-state index contributed by atoms with van der Waals surface area (Å²) < 4.78 is 5.78. The van der Waals surface area contributed by atoms with E-state index in [4.69, 9.17) is 4.74 Å². The number of rotatable bonds is 5. The molecule has 0 atom stereocenters. The quantitative estimate of drug-likeness (QED) is 0.591. The number of hydrogen-bond donors (Lipinski definition) is 0. The monoisotopic (exact) mass is 196 g/mol. The highest BCUT2D eigenvalue weighted by atomic mass is 16.5. The molecule has 1 heteroatoms. The molecule has 0 aromatic carbocycles. The predicted molar refractivity (Wildman–Crippen MR) is 61.3 cm³/mol. The molecule has 0 N–H and O–H groups in total. The molecule has 14 heavy (non-hydrogen) atoms. The van der Waals surface area contributed by atoms with Gasteiger partial charge in [0.25, 0.3) is 0 Å². The van der Waals surface area contributed by atoms with Gasteiger partial charge in [0.05, 0.1) is 12.4 Å². The molecular weight excluding hydrogens is 172 g/mol. The molecule has 0 spiro atoms. The zero-order chi connectivity index (χ0) is 10.1. The molecule has 0 aromatic rings. The van der Waals surface area contributed by atoms with Crippen LogP contribution in [-0.2, 0) is 4.74 Å². The van der Waals surface area contributed by atoms with Crippen molar-refractivity contribution in [1.29, 1.82) is 0 Å². The minimum absolute atomic E-state index is 0.930. The van der Waals surface area contributed by atoms with Crippen LogP contribution in [-0.4, -0.2) is 6.61 Å². The molecular formula is C13H24O. The molecule has 82 valence electrons. The van der Waals surface area contributed by atoms with Gasteiger partial charge in [0.2, 0.25) is 0 Å². The first-order valence-electron chi connectivity index (χ1n) is 6.25. The second-order valence-corrected chi connectivity index (χ2v) is 4.18. The highest BCUT2D eigenvalue weighted by molar-refractivity contribution is 4.94. The van der Waals surface area contributed by atoms with Crippen molar-refractivity contribution in [2.75, 3.05) is 6.61 Å². The second kappa shape index (κ2) is 7.90. The molecule has 1 aliphatic carbocycles. The second-order valence-electron chi connectivity index (χ2n) is 4.18. The summed E-state index contributed by atoms with van der Waals surface area (Å²) in [6, 6.07) is 0. The minimum atomic E-state index is 0.930. The van der Waals surface area contributed by atoms with Gasteiger partial charge in [-0.2, -0.15) is 0 Å².